The van der Waals surface area contributed by atoms with Crippen molar-refractivity contribution in [3.63, 3.8) is 0 Å². The largest absolute Gasteiger partial charge is 0.507 e. The van der Waals surface area contributed by atoms with Crippen LogP contribution in [-0.2, 0) is 23.8 Å². The van der Waals surface area contributed by atoms with E-state index < -0.39 is 94.4 Å². The molecule has 14 heteroatoms. The van der Waals surface area contributed by atoms with Crippen molar-refractivity contribution >= 4 is 29.2 Å². The molecule has 0 aromatic heterocycles. The number of ether oxygens (including phenoxy) is 4. The summed E-state index contributed by atoms with van der Waals surface area (Å²) in [5.41, 5.74) is -0.136. The smallest absolute Gasteiger partial charge is 0.312 e. The number of piperidine rings is 1. The molecule has 0 saturated carbocycles. The van der Waals surface area contributed by atoms with Crippen molar-refractivity contribution in [2.45, 2.75) is 104 Å². The van der Waals surface area contributed by atoms with Gasteiger partial charge in [0.25, 0.3) is 11.7 Å². The number of phenolic OH excluding ortho intramolecular Hbond substituents is 1. The fourth-order valence-corrected chi connectivity index (χ4v) is 9.14. The standard InChI is InChI=1S/C48H58N2O12/c1-24-14-13-15-25(2)47(58)49-37-38(50-21-18-32(19-22-50)31-16-11-10-12-17-31)43(56)34-35(42(37)55)41(54)29(6)45-36(34)46(57)48(8,62-45)60-23-20-33(59-9)26(3)44(61-30(7)51)28(5)40(53)27(4)39(24)52/h10-17,20,23-24,26-28,32-33,39-40,44,52-54H,18-19,21-22H2,1-9H3,(H,49,58). The lowest BCUT2D eigenvalue weighted by Gasteiger charge is -2.38. The highest BCUT2D eigenvalue weighted by atomic mass is 16.7. The van der Waals surface area contributed by atoms with Crippen molar-refractivity contribution in [2.75, 3.05) is 20.2 Å². The van der Waals surface area contributed by atoms with Gasteiger partial charge in [-0.15, -0.1) is 0 Å². The van der Waals surface area contributed by atoms with Gasteiger partial charge in [0.1, 0.15) is 29.0 Å². The van der Waals surface area contributed by atoms with E-state index in [1.54, 1.807) is 44.7 Å². The van der Waals surface area contributed by atoms with Crippen LogP contribution in [0.3, 0.4) is 0 Å². The van der Waals surface area contributed by atoms with Crippen LogP contribution < -0.4 is 10.1 Å². The molecule has 7 rings (SSSR count). The summed E-state index contributed by atoms with van der Waals surface area (Å²) in [6.07, 6.45) is 4.78. The molecule has 5 bridgehead atoms. The Labute approximate surface area is 362 Å². The second-order valence-corrected chi connectivity index (χ2v) is 17.2. The average Bonchev–Trinajstić information content (AvgIpc) is 3.52. The zero-order valence-corrected chi connectivity index (χ0v) is 36.8. The molecule has 0 spiro atoms. The van der Waals surface area contributed by atoms with Crippen molar-refractivity contribution < 1.29 is 58.2 Å². The maximum Gasteiger partial charge on any atom is 0.312 e. The minimum atomic E-state index is -2.08. The van der Waals surface area contributed by atoms with E-state index in [0.29, 0.717) is 25.9 Å². The molecule has 9 unspecified atom stereocenters. The first-order chi connectivity index (χ1) is 29.3. The van der Waals surface area contributed by atoms with Gasteiger partial charge in [0, 0.05) is 68.9 Å². The number of hydrogen-bond acceptors (Lipinski definition) is 13. The van der Waals surface area contributed by atoms with Gasteiger partial charge in [0.15, 0.2) is 0 Å². The summed E-state index contributed by atoms with van der Waals surface area (Å²) in [5.74, 6) is -8.79. The Bertz CT molecular complexity index is 2240. The molecular formula is C48H58N2O12. The molecule has 4 N–H and O–H groups in total. The van der Waals surface area contributed by atoms with Gasteiger partial charge in [-0.1, -0.05) is 76.3 Å². The number of hydrogen-bond donors (Lipinski definition) is 4. The van der Waals surface area contributed by atoms with Gasteiger partial charge in [0.2, 0.25) is 11.6 Å². The lowest BCUT2D eigenvalue weighted by Crippen LogP contribution is -2.46. The van der Waals surface area contributed by atoms with E-state index in [0.717, 1.165) is 5.56 Å². The molecule has 4 aliphatic heterocycles. The number of amides is 1. The lowest BCUT2D eigenvalue weighted by atomic mass is 9.78. The van der Waals surface area contributed by atoms with Crippen LogP contribution in [-0.4, -0.2) is 99.8 Å². The molecule has 1 fully saturated rings. The second-order valence-electron chi connectivity index (χ2n) is 17.2. The number of phenols is 1. The molecule has 4 heterocycles. The predicted molar refractivity (Wildman–Crippen MR) is 228 cm³/mol. The molecular weight excluding hydrogens is 797 g/mol. The summed E-state index contributed by atoms with van der Waals surface area (Å²) < 4.78 is 23.7. The monoisotopic (exact) mass is 854 g/mol. The van der Waals surface area contributed by atoms with Gasteiger partial charge in [-0.05, 0) is 44.2 Å². The van der Waals surface area contributed by atoms with E-state index in [9.17, 15) is 34.5 Å². The maximum absolute atomic E-state index is 15.0. The van der Waals surface area contributed by atoms with Crippen LogP contribution in [0.5, 0.6) is 11.5 Å². The number of allylic oxidation sites excluding steroid dienone is 4. The molecule has 0 radical (unpaired) electrons. The van der Waals surface area contributed by atoms with Crippen LogP contribution in [0.1, 0.15) is 109 Å². The predicted octanol–water partition coefficient (Wildman–Crippen LogP) is 5.84. The lowest BCUT2D eigenvalue weighted by molar-refractivity contribution is -0.160. The minimum absolute atomic E-state index is 0.0137. The fourth-order valence-electron chi connectivity index (χ4n) is 9.14. The van der Waals surface area contributed by atoms with Crippen molar-refractivity contribution in [3.05, 3.63) is 106 Å². The summed E-state index contributed by atoms with van der Waals surface area (Å²) in [6.45, 7) is 13.2. The van der Waals surface area contributed by atoms with Gasteiger partial charge in [-0.3, -0.25) is 24.0 Å². The average molecular weight is 855 g/mol. The van der Waals surface area contributed by atoms with E-state index in [4.69, 9.17) is 18.9 Å². The number of aliphatic hydroxyl groups excluding tert-OH is 2. The highest BCUT2D eigenvalue weighted by molar-refractivity contribution is 6.32. The van der Waals surface area contributed by atoms with E-state index >= 15 is 4.79 Å². The number of aromatic hydroxyl groups is 1. The number of benzene rings is 2. The molecule has 14 nitrogen and oxygen atoms in total. The van der Waals surface area contributed by atoms with Crippen LogP contribution in [0.2, 0.25) is 0 Å². The number of likely N-dealkylation sites (tertiary alicyclic amines) is 1. The van der Waals surface area contributed by atoms with Gasteiger partial charge < -0.3 is 44.5 Å². The molecule has 332 valence electrons. The third-order valence-electron chi connectivity index (χ3n) is 13.0. The summed E-state index contributed by atoms with van der Waals surface area (Å²) in [6, 6.07) is 9.97. The summed E-state index contributed by atoms with van der Waals surface area (Å²) in [4.78, 5) is 72.3. The Morgan fingerprint density at radius 1 is 0.887 bits per heavy atom. The van der Waals surface area contributed by atoms with Gasteiger partial charge >= 0.3 is 11.8 Å². The molecule has 2 aromatic rings. The molecule has 1 saturated heterocycles. The highest BCUT2D eigenvalue weighted by Crippen LogP contribution is 2.49. The number of methoxy groups -OCH3 is 1. The van der Waals surface area contributed by atoms with E-state index in [1.807, 2.05) is 30.3 Å². The number of esters is 1. The van der Waals surface area contributed by atoms with Gasteiger partial charge in [0.05, 0.1) is 41.3 Å². The summed E-state index contributed by atoms with van der Waals surface area (Å²) in [7, 11) is 1.44. The SMILES string of the molecule is COC1C=COC2(C)Oc3c(C)c(O)c4c(c3C2=O)C(=O)C(N2CCC(c3ccccc3)CC2)=C(NC(=O)C(C)=CC=CC(C)C(O)C(C)C(O)C(C)C(OC(C)=O)C1C)C4=O. The molecule has 9 atom stereocenters. The number of Topliss-reactive ketones (excluding diaryl/α,β-unsaturated/α-hetero) is 3. The van der Waals surface area contributed by atoms with E-state index in [2.05, 4.69) is 5.32 Å². The first kappa shape index (κ1) is 45.9. The van der Waals surface area contributed by atoms with Crippen molar-refractivity contribution in [2.24, 2.45) is 23.7 Å². The van der Waals surface area contributed by atoms with Crippen LogP contribution >= 0.6 is 0 Å². The minimum Gasteiger partial charge on any atom is -0.507 e. The van der Waals surface area contributed by atoms with Crippen molar-refractivity contribution in [1.29, 1.82) is 0 Å². The van der Waals surface area contributed by atoms with Crippen LogP contribution in [0.4, 0.5) is 0 Å². The van der Waals surface area contributed by atoms with Crippen LogP contribution in [0, 0.1) is 30.6 Å². The highest BCUT2D eigenvalue weighted by Gasteiger charge is 2.53. The zero-order chi connectivity index (χ0) is 45.4. The number of aliphatic hydroxyl groups is 2. The normalized spacial score (nSPS) is 30.2. The maximum atomic E-state index is 15.0. The number of nitrogens with one attached hydrogen (secondary N) is 1. The number of carbonyl (C=O) groups is 5. The van der Waals surface area contributed by atoms with Crippen molar-refractivity contribution in [1.82, 2.24) is 10.2 Å². The number of rotatable bonds is 4. The Morgan fingerprint density at radius 2 is 1.55 bits per heavy atom. The third kappa shape index (κ3) is 8.60. The zero-order valence-electron chi connectivity index (χ0n) is 36.8. The first-order valence-electron chi connectivity index (χ1n) is 21.2. The molecule has 1 aliphatic carbocycles. The summed E-state index contributed by atoms with van der Waals surface area (Å²) >= 11 is 0. The Kier molecular flexibility index (Phi) is 13.6. The molecule has 5 aliphatic rings. The quantitative estimate of drug-likeness (QED) is 0.268. The number of ketones is 3. The number of nitrogens with zero attached hydrogens (tertiary/aromatic N) is 1. The fraction of sp³-hybridized carbons (Fsp3) is 0.479. The van der Waals surface area contributed by atoms with Gasteiger partial charge in [-0.25, -0.2) is 0 Å². The number of fused-ring (bicyclic) bond motifs is 14. The van der Waals surface area contributed by atoms with Crippen LogP contribution in [0.15, 0.2) is 77.9 Å². The molecule has 2 aromatic carbocycles. The Hall–Kier alpha value is -5.57. The third-order valence-corrected chi connectivity index (χ3v) is 13.0. The Balaban J connectivity index is 1.47. The second kappa shape index (κ2) is 18.4. The van der Waals surface area contributed by atoms with E-state index in [-0.39, 0.29) is 45.3 Å². The topological polar surface area (TPSA) is 198 Å². The Morgan fingerprint density at radius 3 is 2.18 bits per heavy atom. The van der Waals surface area contributed by atoms with Gasteiger partial charge in [-0.2, -0.15) is 0 Å². The first-order valence-corrected chi connectivity index (χ1v) is 21.2. The summed E-state index contributed by atoms with van der Waals surface area (Å²) in [5, 5.41) is 37.3. The van der Waals surface area contributed by atoms with Crippen LogP contribution in [0.25, 0.3) is 0 Å². The van der Waals surface area contributed by atoms with Crippen molar-refractivity contribution in [3.8, 4) is 11.5 Å². The van der Waals surface area contributed by atoms with E-state index in [1.165, 1.54) is 53.2 Å². The molecule has 62 heavy (non-hydrogen) atoms. The number of carbonyl (C=O) groups excluding carboxylic acids is 5. The molecule has 1 amide bonds.